The van der Waals surface area contributed by atoms with Crippen LogP contribution in [0.3, 0.4) is 0 Å². The van der Waals surface area contributed by atoms with Gasteiger partial charge in [-0.05, 0) is 18.2 Å². The van der Waals surface area contributed by atoms with Crippen LogP contribution in [0.15, 0.2) is 34.7 Å². The van der Waals surface area contributed by atoms with Crippen LogP contribution in [0.4, 0.5) is 15.8 Å². The fourth-order valence-corrected chi connectivity index (χ4v) is 4.64. The predicted molar refractivity (Wildman–Crippen MR) is 121 cm³/mol. The van der Waals surface area contributed by atoms with Crippen molar-refractivity contribution in [2.24, 2.45) is 7.05 Å². The van der Waals surface area contributed by atoms with Gasteiger partial charge in [0.25, 0.3) is 15.6 Å². The Kier molecular flexibility index (Phi) is 6.17. The molecule has 0 atom stereocenters. The maximum Gasteiger partial charge on any atom is 0.292 e. The summed E-state index contributed by atoms with van der Waals surface area (Å²) in [6.07, 6.45) is 3.86. The summed E-state index contributed by atoms with van der Waals surface area (Å²) < 4.78 is 49.2. The third kappa shape index (κ3) is 4.33. The molecule has 1 aliphatic heterocycles. The number of aromatic nitrogens is 3. The molecule has 0 aliphatic carbocycles. The number of halogens is 3. The molecule has 1 N–H and O–H groups in total. The number of fused-ring (bicyclic) bond motifs is 1. The third-order valence-electron chi connectivity index (χ3n) is 4.92. The van der Waals surface area contributed by atoms with Crippen LogP contribution in [-0.2, 0) is 21.8 Å². The summed E-state index contributed by atoms with van der Waals surface area (Å²) in [6, 6.07) is 2.36. The Hall–Kier alpha value is -2.60. The van der Waals surface area contributed by atoms with Crippen LogP contribution >= 0.6 is 23.2 Å². The van der Waals surface area contributed by atoms with E-state index >= 15 is 0 Å². The molecule has 4 rings (SSSR count). The molecule has 13 heteroatoms. The van der Waals surface area contributed by atoms with E-state index in [4.69, 9.17) is 27.9 Å². The van der Waals surface area contributed by atoms with E-state index in [-0.39, 0.29) is 26.9 Å². The minimum Gasteiger partial charge on any atom is -0.378 e. The number of hydrogen-bond acceptors (Lipinski definition) is 6. The normalized spacial score (nSPS) is 15.1. The molecule has 32 heavy (non-hydrogen) atoms. The molecule has 1 aromatic carbocycles. The highest BCUT2D eigenvalue weighted by Crippen LogP contribution is 2.29. The first-order valence-electron chi connectivity index (χ1n) is 9.42. The molecule has 9 nitrogen and oxygen atoms in total. The lowest BCUT2D eigenvalue weighted by Crippen LogP contribution is -2.39. The van der Waals surface area contributed by atoms with Crippen molar-refractivity contribution in [3.63, 3.8) is 0 Å². The van der Waals surface area contributed by atoms with Crippen molar-refractivity contribution < 1.29 is 17.5 Å². The lowest BCUT2D eigenvalue weighted by molar-refractivity contribution is 0.122. The van der Waals surface area contributed by atoms with Crippen LogP contribution in [0.1, 0.15) is 5.56 Å². The molecule has 170 valence electrons. The minimum atomic E-state index is -4.02. The molecule has 0 unspecified atom stereocenters. The number of anilines is 2. The van der Waals surface area contributed by atoms with E-state index in [1.165, 1.54) is 27.7 Å². The van der Waals surface area contributed by atoms with Crippen LogP contribution in [0, 0.1) is 5.82 Å². The van der Waals surface area contributed by atoms with Crippen LogP contribution in [-0.4, -0.2) is 48.9 Å². The first kappa shape index (κ1) is 22.6. The zero-order chi connectivity index (χ0) is 23.0. The topological polar surface area (TPSA) is 97.9 Å². The molecular weight excluding hydrogens is 484 g/mol. The van der Waals surface area contributed by atoms with Crippen molar-refractivity contribution in [3.05, 3.63) is 61.7 Å². The summed E-state index contributed by atoms with van der Waals surface area (Å²) in [5, 5.41) is 0.631. The van der Waals surface area contributed by atoms with Gasteiger partial charge in [-0.2, -0.15) is 0 Å². The molecule has 0 radical (unpaired) electrons. The number of morpholine rings is 1. The predicted octanol–water partition coefficient (Wildman–Crippen LogP) is 2.73. The van der Waals surface area contributed by atoms with Gasteiger partial charge in [0.1, 0.15) is 11.5 Å². The lowest BCUT2D eigenvalue weighted by atomic mass is 10.2. The van der Waals surface area contributed by atoms with E-state index in [2.05, 4.69) is 9.71 Å². The van der Waals surface area contributed by atoms with Gasteiger partial charge in [0.05, 0.1) is 41.7 Å². The monoisotopic (exact) mass is 501 g/mol. The second kappa shape index (κ2) is 8.74. The van der Waals surface area contributed by atoms with Gasteiger partial charge in [0, 0.05) is 30.7 Å². The average molecular weight is 502 g/mol. The molecule has 1 fully saturated rings. The van der Waals surface area contributed by atoms with E-state index < -0.39 is 15.8 Å². The Morgan fingerprint density at radius 2 is 1.97 bits per heavy atom. The Bertz CT molecular complexity index is 1380. The van der Waals surface area contributed by atoms with Crippen LogP contribution in [0.5, 0.6) is 0 Å². The number of hydrogen-bond donors (Lipinski definition) is 1. The number of ether oxygens (including phenoxy) is 1. The van der Waals surface area contributed by atoms with Crippen molar-refractivity contribution in [1.29, 1.82) is 0 Å². The maximum absolute atomic E-state index is 13.6. The van der Waals surface area contributed by atoms with Gasteiger partial charge in [-0.25, -0.2) is 27.0 Å². The summed E-state index contributed by atoms with van der Waals surface area (Å²) in [7, 11) is -2.46. The standard InChI is InChI=1S/C19H18Cl2FN5O4S/c1-25-19(28)17(26-5-7-31-8-6-26)18-23-10-12(11-27(18)25)24-32(29,30)9-4-13-14(20)2-3-15(22)16(13)21/h2-4,9-11,24H,5-8H2,1H3. The fourth-order valence-electron chi connectivity index (χ4n) is 3.33. The molecule has 1 saturated heterocycles. The molecule has 0 saturated carbocycles. The van der Waals surface area contributed by atoms with Crippen LogP contribution in [0.2, 0.25) is 10.0 Å². The number of nitrogens with one attached hydrogen (secondary N) is 1. The van der Waals surface area contributed by atoms with Gasteiger partial charge in [0.15, 0.2) is 5.65 Å². The number of sulfonamides is 1. The smallest absolute Gasteiger partial charge is 0.292 e. The highest BCUT2D eigenvalue weighted by molar-refractivity contribution is 7.95. The van der Waals surface area contributed by atoms with Crippen LogP contribution in [0.25, 0.3) is 11.7 Å². The Labute approximate surface area is 192 Å². The van der Waals surface area contributed by atoms with Gasteiger partial charge in [-0.1, -0.05) is 23.2 Å². The molecule has 1 aliphatic rings. The molecule has 0 spiro atoms. The van der Waals surface area contributed by atoms with Gasteiger partial charge in [-0.15, -0.1) is 0 Å². The average Bonchev–Trinajstić information content (AvgIpc) is 3.01. The molecule has 0 amide bonds. The Balaban J connectivity index is 1.64. The summed E-state index contributed by atoms with van der Waals surface area (Å²) in [5.74, 6) is -0.722. The molecule has 3 heterocycles. The van der Waals surface area contributed by atoms with Gasteiger partial charge < -0.3 is 9.64 Å². The van der Waals surface area contributed by atoms with Crippen molar-refractivity contribution >= 4 is 56.3 Å². The number of nitrogens with zero attached hydrogens (tertiary/aromatic N) is 4. The molecule has 2 aromatic heterocycles. The lowest BCUT2D eigenvalue weighted by Gasteiger charge is -2.26. The third-order valence-corrected chi connectivity index (χ3v) is 6.64. The number of rotatable bonds is 5. The summed E-state index contributed by atoms with van der Waals surface area (Å²) >= 11 is 11.8. The highest BCUT2D eigenvalue weighted by Gasteiger charge is 2.22. The quantitative estimate of drug-likeness (QED) is 0.539. The maximum atomic E-state index is 13.6. The van der Waals surface area contributed by atoms with E-state index in [1.54, 1.807) is 7.05 Å². The van der Waals surface area contributed by atoms with E-state index in [0.717, 1.165) is 17.6 Å². The van der Waals surface area contributed by atoms with Gasteiger partial charge in [-0.3, -0.25) is 9.52 Å². The number of benzene rings is 1. The van der Waals surface area contributed by atoms with E-state index in [0.29, 0.717) is 37.6 Å². The summed E-state index contributed by atoms with van der Waals surface area (Å²) in [6.45, 7) is 2.12. The van der Waals surface area contributed by atoms with E-state index in [1.807, 2.05) is 4.90 Å². The largest absolute Gasteiger partial charge is 0.378 e. The zero-order valence-corrected chi connectivity index (χ0v) is 19.1. The van der Waals surface area contributed by atoms with Crippen molar-refractivity contribution in [2.75, 3.05) is 35.9 Å². The first-order valence-corrected chi connectivity index (χ1v) is 11.7. The van der Waals surface area contributed by atoms with Gasteiger partial charge >= 0.3 is 0 Å². The zero-order valence-electron chi connectivity index (χ0n) is 16.8. The fraction of sp³-hybridized carbons (Fsp3) is 0.263. The summed E-state index contributed by atoms with van der Waals surface area (Å²) in [5.41, 5.74) is 0.736. The SMILES string of the molecule is Cn1c(=O)c(N2CCOCC2)c2ncc(NS(=O)(=O)C=Cc3c(Cl)ccc(F)c3Cl)cn21. The second-order valence-electron chi connectivity index (χ2n) is 6.99. The first-order chi connectivity index (χ1) is 15.2. The van der Waals surface area contributed by atoms with Crippen molar-refractivity contribution in [3.8, 4) is 0 Å². The van der Waals surface area contributed by atoms with Gasteiger partial charge in [0.2, 0.25) is 0 Å². The molecule has 3 aromatic rings. The highest BCUT2D eigenvalue weighted by atomic mass is 35.5. The van der Waals surface area contributed by atoms with Crippen molar-refractivity contribution in [1.82, 2.24) is 14.2 Å². The van der Waals surface area contributed by atoms with Crippen LogP contribution < -0.4 is 15.2 Å². The number of aryl methyl sites for hydroxylation is 1. The minimum absolute atomic E-state index is 0.0373. The summed E-state index contributed by atoms with van der Waals surface area (Å²) in [4.78, 5) is 18.9. The second-order valence-corrected chi connectivity index (χ2v) is 9.35. The van der Waals surface area contributed by atoms with Crippen molar-refractivity contribution in [2.45, 2.75) is 0 Å². The molecular formula is C19H18Cl2FN5O4S. The Morgan fingerprint density at radius 1 is 1.25 bits per heavy atom. The van der Waals surface area contributed by atoms with E-state index in [9.17, 15) is 17.6 Å². The Morgan fingerprint density at radius 3 is 2.69 bits per heavy atom. The molecule has 0 bridgehead atoms.